The Labute approximate surface area is 85.1 Å². The minimum Gasteiger partial charge on any atom is -0.381 e. The van der Waals surface area contributed by atoms with Gasteiger partial charge in [-0.1, -0.05) is 0 Å². The van der Waals surface area contributed by atoms with E-state index in [1.54, 1.807) is 0 Å². The van der Waals surface area contributed by atoms with Crippen molar-refractivity contribution in [3.05, 3.63) is 0 Å². The fraction of sp³-hybridized carbons (Fsp3) is 1.00. The third-order valence-electron chi connectivity index (χ3n) is 3.28. The lowest BCUT2D eigenvalue weighted by Gasteiger charge is -2.33. The molecule has 3 atom stereocenters. The zero-order valence-electron chi connectivity index (χ0n) is 8.58. The smallest absolute Gasteiger partial charge is 0.0745 e. The molecule has 2 fully saturated rings. The Hall–Kier alpha value is -0.160. The maximum absolute atomic E-state index is 5.75. The van der Waals surface area contributed by atoms with Crippen LogP contribution < -0.4 is 11.3 Å². The van der Waals surface area contributed by atoms with E-state index in [-0.39, 0.29) is 6.04 Å². The van der Waals surface area contributed by atoms with Gasteiger partial charge in [-0.25, -0.2) is 0 Å². The van der Waals surface area contributed by atoms with Crippen molar-refractivity contribution in [2.24, 2.45) is 11.8 Å². The van der Waals surface area contributed by atoms with Gasteiger partial charge in [-0.05, 0) is 25.7 Å². The van der Waals surface area contributed by atoms with E-state index >= 15 is 0 Å². The molecule has 0 aromatic heterocycles. The van der Waals surface area contributed by atoms with Crippen LogP contribution in [0.15, 0.2) is 0 Å². The monoisotopic (exact) mass is 200 g/mol. The predicted octanol–water partition coefficient (Wildman–Crippen LogP) is 0.424. The summed E-state index contributed by atoms with van der Waals surface area (Å²) in [5.74, 6) is 6.13. The molecule has 0 amide bonds. The number of ether oxygens (including phenoxy) is 2. The third kappa shape index (κ3) is 2.25. The highest BCUT2D eigenvalue weighted by atomic mass is 16.5. The largest absolute Gasteiger partial charge is 0.381 e. The van der Waals surface area contributed by atoms with Crippen LogP contribution in [0.1, 0.15) is 25.7 Å². The van der Waals surface area contributed by atoms with Gasteiger partial charge in [0.05, 0.1) is 18.8 Å². The van der Waals surface area contributed by atoms with Crippen molar-refractivity contribution in [1.82, 2.24) is 5.43 Å². The summed E-state index contributed by atoms with van der Waals surface area (Å²) < 4.78 is 11.1. The molecule has 2 heterocycles. The molecule has 0 aromatic carbocycles. The molecular weight excluding hydrogens is 180 g/mol. The lowest BCUT2D eigenvalue weighted by atomic mass is 9.91. The normalized spacial score (nSPS) is 35.8. The van der Waals surface area contributed by atoms with Crippen molar-refractivity contribution in [2.75, 3.05) is 19.8 Å². The van der Waals surface area contributed by atoms with E-state index in [0.29, 0.717) is 12.0 Å². The highest BCUT2D eigenvalue weighted by Crippen LogP contribution is 2.24. The summed E-state index contributed by atoms with van der Waals surface area (Å²) in [6, 6.07) is 0.276. The van der Waals surface area contributed by atoms with E-state index in [0.717, 1.165) is 32.7 Å². The van der Waals surface area contributed by atoms with Crippen LogP contribution >= 0.6 is 0 Å². The van der Waals surface area contributed by atoms with E-state index in [4.69, 9.17) is 15.3 Å². The number of hydrazine groups is 1. The number of hydrogen-bond donors (Lipinski definition) is 2. The first-order valence-electron chi connectivity index (χ1n) is 5.57. The molecule has 14 heavy (non-hydrogen) atoms. The van der Waals surface area contributed by atoms with Crippen molar-refractivity contribution >= 4 is 0 Å². The van der Waals surface area contributed by atoms with Gasteiger partial charge in [0.25, 0.3) is 0 Å². The SMILES string of the molecule is NNC(C1CCOC1)C1CCCCO1. The topological polar surface area (TPSA) is 56.5 Å². The molecule has 82 valence electrons. The van der Waals surface area contributed by atoms with E-state index in [1.165, 1.54) is 12.8 Å². The molecular formula is C10H20N2O2. The quantitative estimate of drug-likeness (QED) is 0.512. The van der Waals surface area contributed by atoms with Crippen LogP contribution in [0.2, 0.25) is 0 Å². The Balaban J connectivity index is 1.89. The Morgan fingerprint density at radius 2 is 2.14 bits per heavy atom. The second-order valence-corrected chi connectivity index (χ2v) is 4.22. The van der Waals surface area contributed by atoms with Crippen molar-refractivity contribution < 1.29 is 9.47 Å². The average molecular weight is 200 g/mol. The molecule has 2 rings (SSSR count). The molecule has 3 unspecified atom stereocenters. The lowest BCUT2D eigenvalue weighted by molar-refractivity contribution is -0.0220. The van der Waals surface area contributed by atoms with Crippen LogP contribution in [0.3, 0.4) is 0 Å². The van der Waals surface area contributed by atoms with Crippen molar-refractivity contribution in [1.29, 1.82) is 0 Å². The van der Waals surface area contributed by atoms with Crippen LogP contribution in [-0.2, 0) is 9.47 Å². The molecule has 3 N–H and O–H groups in total. The van der Waals surface area contributed by atoms with Gasteiger partial charge in [0, 0.05) is 19.1 Å². The van der Waals surface area contributed by atoms with Crippen LogP contribution in [0.4, 0.5) is 0 Å². The zero-order chi connectivity index (χ0) is 9.80. The maximum Gasteiger partial charge on any atom is 0.0745 e. The van der Waals surface area contributed by atoms with Gasteiger partial charge >= 0.3 is 0 Å². The summed E-state index contributed by atoms with van der Waals surface area (Å²) in [5.41, 5.74) is 2.91. The van der Waals surface area contributed by atoms with Gasteiger partial charge < -0.3 is 9.47 Å². The number of nitrogens with one attached hydrogen (secondary N) is 1. The Morgan fingerprint density at radius 1 is 1.21 bits per heavy atom. The summed E-state index contributed by atoms with van der Waals surface area (Å²) >= 11 is 0. The zero-order valence-corrected chi connectivity index (χ0v) is 8.58. The Bertz CT molecular complexity index is 166. The molecule has 0 aromatic rings. The fourth-order valence-electron chi connectivity index (χ4n) is 2.43. The molecule has 2 aliphatic heterocycles. The van der Waals surface area contributed by atoms with Gasteiger partial charge in [0.2, 0.25) is 0 Å². The van der Waals surface area contributed by atoms with Gasteiger partial charge in [-0.15, -0.1) is 0 Å². The minimum atomic E-state index is 0.276. The summed E-state index contributed by atoms with van der Waals surface area (Å²) in [4.78, 5) is 0. The van der Waals surface area contributed by atoms with E-state index in [1.807, 2.05) is 0 Å². The average Bonchev–Trinajstić information content (AvgIpc) is 2.74. The molecule has 0 saturated carbocycles. The molecule has 0 aliphatic carbocycles. The molecule has 2 saturated heterocycles. The third-order valence-corrected chi connectivity index (χ3v) is 3.28. The Kier molecular flexibility index (Phi) is 3.75. The van der Waals surface area contributed by atoms with Gasteiger partial charge in [-0.2, -0.15) is 0 Å². The molecule has 0 radical (unpaired) electrons. The van der Waals surface area contributed by atoms with Crippen LogP contribution in [0.25, 0.3) is 0 Å². The highest BCUT2D eigenvalue weighted by molar-refractivity contribution is 4.85. The second-order valence-electron chi connectivity index (χ2n) is 4.22. The van der Waals surface area contributed by atoms with E-state index in [2.05, 4.69) is 5.43 Å². The van der Waals surface area contributed by atoms with Gasteiger partial charge in [0.1, 0.15) is 0 Å². The summed E-state index contributed by atoms with van der Waals surface area (Å²) in [5, 5.41) is 0. The highest BCUT2D eigenvalue weighted by Gasteiger charge is 2.32. The van der Waals surface area contributed by atoms with E-state index < -0.39 is 0 Å². The van der Waals surface area contributed by atoms with Crippen LogP contribution in [-0.4, -0.2) is 32.0 Å². The number of rotatable bonds is 3. The number of hydrogen-bond acceptors (Lipinski definition) is 4. The second kappa shape index (κ2) is 5.07. The summed E-state index contributed by atoms with van der Waals surface area (Å²) in [6.45, 7) is 2.58. The first-order chi connectivity index (χ1) is 6.92. The number of nitrogens with two attached hydrogens (primary N) is 1. The van der Waals surface area contributed by atoms with E-state index in [9.17, 15) is 0 Å². The first kappa shape index (κ1) is 10.4. The van der Waals surface area contributed by atoms with Crippen molar-refractivity contribution in [2.45, 2.75) is 37.8 Å². The molecule has 0 bridgehead atoms. The summed E-state index contributed by atoms with van der Waals surface area (Å²) in [6.07, 6.45) is 4.98. The van der Waals surface area contributed by atoms with Crippen molar-refractivity contribution in [3.8, 4) is 0 Å². The standard InChI is InChI=1S/C10H20N2O2/c11-12-10(8-4-6-13-7-8)9-3-1-2-5-14-9/h8-10,12H,1-7,11H2. The minimum absolute atomic E-state index is 0.276. The Morgan fingerprint density at radius 3 is 2.71 bits per heavy atom. The van der Waals surface area contributed by atoms with Crippen LogP contribution in [0, 0.1) is 5.92 Å². The molecule has 0 spiro atoms. The molecule has 2 aliphatic rings. The predicted molar refractivity (Wildman–Crippen MR) is 53.6 cm³/mol. The lowest BCUT2D eigenvalue weighted by Crippen LogP contribution is -2.51. The van der Waals surface area contributed by atoms with Crippen molar-refractivity contribution in [3.63, 3.8) is 0 Å². The summed E-state index contributed by atoms with van der Waals surface area (Å²) in [7, 11) is 0. The fourth-order valence-corrected chi connectivity index (χ4v) is 2.43. The maximum atomic E-state index is 5.75. The van der Waals surface area contributed by atoms with Gasteiger partial charge in [-0.3, -0.25) is 11.3 Å². The van der Waals surface area contributed by atoms with Gasteiger partial charge in [0.15, 0.2) is 0 Å². The first-order valence-corrected chi connectivity index (χ1v) is 5.57. The molecule has 4 heteroatoms. The molecule has 4 nitrogen and oxygen atoms in total. The van der Waals surface area contributed by atoms with Crippen LogP contribution in [0.5, 0.6) is 0 Å².